The van der Waals surface area contributed by atoms with E-state index < -0.39 is 46.0 Å². The normalized spacial score (nSPS) is 12.5. The highest BCUT2D eigenvalue weighted by Gasteiger charge is 2.24. The number of aldehydes is 1. The van der Waals surface area contributed by atoms with Gasteiger partial charge in [-0.3, -0.25) is 33.6 Å². The van der Waals surface area contributed by atoms with Crippen molar-refractivity contribution in [3.05, 3.63) is 281 Å². The van der Waals surface area contributed by atoms with Crippen molar-refractivity contribution in [1.29, 1.82) is 0 Å². The number of anilines is 2. The zero-order valence-electron chi connectivity index (χ0n) is 45.1. The molecule has 0 saturated carbocycles. The van der Waals surface area contributed by atoms with Crippen molar-refractivity contribution in [2.75, 3.05) is 17.2 Å². The molecule has 2 aromatic heterocycles. The van der Waals surface area contributed by atoms with E-state index in [0.717, 1.165) is 78.8 Å². The Labute approximate surface area is 478 Å². The van der Waals surface area contributed by atoms with Crippen molar-refractivity contribution in [3.63, 3.8) is 0 Å². The van der Waals surface area contributed by atoms with Gasteiger partial charge in [-0.1, -0.05) is 109 Å². The number of aromatic nitrogens is 2. The Morgan fingerprint density at radius 3 is 1.46 bits per heavy atom. The van der Waals surface area contributed by atoms with Crippen LogP contribution in [0.15, 0.2) is 180 Å². The summed E-state index contributed by atoms with van der Waals surface area (Å²) in [6, 6.07) is 39.0. The number of Topliss-reactive ketones (excluding diaryl/α,β-unsaturated/α-hetero) is 2. The van der Waals surface area contributed by atoms with Gasteiger partial charge in [0.1, 0.15) is 6.29 Å². The summed E-state index contributed by atoms with van der Waals surface area (Å²) in [5.41, 5.74) is 6.05. The number of carbonyl (C=O) groups excluding carboxylic acids is 5. The first-order valence-electron chi connectivity index (χ1n) is 26.3. The monoisotopic (exact) mass is 1140 g/mol. The number of benzene rings is 6. The van der Waals surface area contributed by atoms with Crippen molar-refractivity contribution >= 4 is 64.8 Å². The molecule has 2 amide bonds. The molecule has 0 atom stereocenters. The van der Waals surface area contributed by atoms with Crippen molar-refractivity contribution in [1.82, 2.24) is 9.13 Å². The van der Waals surface area contributed by atoms with Gasteiger partial charge >= 0.3 is 0 Å². The van der Waals surface area contributed by atoms with E-state index in [0.29, 0.717) is 30.5 Å². The molecule has 428 valence electrons. The van der Waals surface area contributed by atoms with Gasteiger partial charge in [0.05, 0.1) is 30.6 Å². The van der Waals surface area contributed by atoms with E-state index in [2.05, 4.69) is 10.6 Å². The molecule has 2 aliphatic rings. The maximum atomic E-state index is 13.5. The minimum atomic E-state index is -1.58. The number of halogens is 6. The van der Waals surface area contributed by atoms with E-state index in [-0.39, 0.29) is 78.2 Å². The Bertz CT molecular complexity index is 3910. The van der Waals surface area contributed by atoms with Crippen LogP contribution >= 0.6 is 0 Å². The molecule has 0 saturated heterocycles. The number of nitrogens with zero attached hydrogens (tertiary/aromatic N) is 2. The summed E-state index contributed by atoms with van der Waals surface area (Å²) in [4.78, 5) is 84.7. The average Bonchev–Trinajstić information content (AvgIpc) is 3.80. The van der Waals surface area contributed by atoms with Gasteiger partial charge in [0.2, 0.25) is 5.91 Å². The standard InChI is InChI=1S/C32H23F3N2O3.C25H19F3N2O3.C7H6O.C2H6O/c33-26-16-22(17-27(34)30(26)35)19-37-14-6-10-24(32(37)40)29(38)11-5-4-9-21-12-13-23-25(31(39)36-28(23)18-21)15-20-7-2-1-3-8-20;26-19-10-16(11-20(27)24(19)28)14-30-9-3-5-18(25(30)33)22(31)6-2-1-4-15-7-8-17-13-23(32)29-21(17)12-15;8-6-7-4-2-1-3-5-7;1-2-3/h1-4,6-10,12-18H,5,11,19H2,(H,36,39);1,3-5,7-12H,2,6,13-14H2,(H,29,32);1-6H;3H,2H2,1H3/b9-4+,25-15+;4-1+;;. The summed E-state index contributed by atoms with van der Waals surface area (Å²) >= 11 is 0. The number of rotatable bonds is 16. The van der Waals surface area contributed by atoms with Crippen molar-refractivity contribution in [3.8, 4) is 0 Å². The van der Waals surface area contributed by atoms with Gasteiger partial charge in [0, 0.05) is 59.9 Å². The summed E-state index contributed by atoms with van der Waals surface area (Å²) < 4.78 is 82.6. The minimum Gasteiger partial charge on any atom is -0.397 e. The molecule has 0 aliphatic carbocycles. The molecule has 3 N–H and O–H groups in total. The Morgan fingerprint density at radius 2 is 1.00 bits per heavy atom. The van der Waals surface area contributed by atoms with Gasteiger partial charge < -0.3 is 24.9 Å². The third kappa shape index (κ3) is 16.5. The maximum absolute atomic E-state index is 13.5. The van der Waals surface area contributed by atoms with Gasteiger partial charge in [0.25, 0.3) is 17.0 Å². The molecule has 10 rings (SSSR count). The molecule has 0 radical (unpaired) electrons. The molecule has 0 unspecified atom stereocenters. The van der Waals surface area contributed by atoms with Gasteiger partial charge in [-0.2, -0.15) is 0 Å². The summed E-state index contributed by atoms with van der Waals surface area (Å²) in [6.07, 6.45) is 14.0. The molecule has 0 bridgehead atoms. The highest BCUT2D eigenvalue weighted by Crippen LogP contribution is 2.34. The first-order chi connectivity index (χ1) is 40.5. The molecule has 12 nitrogen and oxygen atoms in total. The molecule has 2 aliphatic heterocycles. The van der Waals surface area contributed by atoms with Crippen LogP contribution in [0.25, 0.3) is 23.8 Å². The zero-order chi connectivity index (χ0) is 60.3. The second-order valence-electron chi connectivity index (χ2n) is 18.9. The maximum Gasteiger partial charge on any atom is 0.261 e. The summed E-state index contributed by atoms with van der Waals surface area (Å²) in [6.45, 7) is 1.51. The third-order valence-corrected chi connectivity index (χ3v) is 12.8. The summed E-state index contributed by atoms with van der Waals surface area (Å²) in [5.74, 6) is -9.50. The SMILES string of the molecule is CCO.O=C1Cc2ccc(/C=C/CCC(=O)c3cccn(Cc4cc(F)c(F)c(F)c4)c3=O)cc2N1.O=C1Nc2cc(/C=C/CCC(=O)c3cccn(Cc4cc(F)c(F)c(F)c4)c3=O)ccc2/C1=C\c1ccccc1.O=Cc1ccccc1. The average molecular weight is 1150 g/mol. The Balaban J connectivity index is 0.000000207. The number of amides is 2. The van der Waals surface area contributed by atoms with Gasteiger partial charge in [-0.05, 0) is 120 Å². The number of hydrogen-bond acceptors (Lipinski definition) is 8. The number of aliphatic hydroxyl groups is 1. The molecular formula is C66H54F6N4O8. The van der Waals surface area contributed by atoms with Crippen LogP contribution < -0.4 is 21.8 Å². The van der Waals surface area contributed by atoms with Crippen LogP contribution in [0.4, 0.5) is 37.7 Å². The van der Waals surface area contributed by atoms with E-state index in [1.165, 1.54) is 36.7 Å². The fourth-order valence-electron chi connectivity index (χ4n) is 8.72. The Morgan fingerprint density at radius 1 is 0.548 bits per heavy atom. The highest BCUT2D eigenvalue weighted by atomic mass is 19.2. The predicted molar refractivity (Wildman–Crippen MR) is 310 cm³/mol. The molecule has 8 aromatic rings. The number of hydrogen-bond donors (Lipinski definition) is 3. The zero-order valence-corrected chi connectivity index (χ0v) is 45.1. The lowest BCUT2D eigenvalue weighted by molar-refractivity contribution is -0.115. The van der Waals surface area contributed by atoms with Crippen LogP contribution in [-0.2, 0) is 29.1 Å². The lowest BCUT2D eigenvalue weighted by atomic mass is 10.0. The van der Waals surface area contributed by atoms with Gasteiger partial charge in [0.15, 0.2) is 46.5 Å². The van der Waals surface area contributed by atoms with E-state index in [1.54, 1.807) is 19.1 Å². The Hall–Kier alpha value is -10.1. The predicted octanol–water partition coefficient (Wildman–Crippen LogP) is 12.5. The topological polar surface area (TPSA) is 174 Å². The van der Waals surface area contributed by atoms with Crippen molar-refractivity contribution in [2.45, 2.75) is 52.1 Å². The number of ketones is 2. The smallest absolute Gasteiger partial charge is 0.261 e. The number of allylic oxidation sites excluding steroid dienone is 2. The molecule has 4 heterocycles. The summed E-state index contributed by atoms with van der Waals surface area (Å²) in [7, 11) is 0. The van der Waals surface area contributed by atoms with E-state index >= 15 is 0 Å². The van der Waals surface area contributed by atoms with Gasteiger partial charge in [-0.15, -0.1) is 0 Å². The Kier molecular flexibility index (Phi) is 21.7. The first kappa shape index (κ1) is 61.5. The minimum absolute atomic E-state index is 0.0331. The lowest BCUT2D eigenvalue weighted by Crippen LogP contribution is -2.26. The van der Waals surface area contributed by atoms with Crippen molar-refractivity contribution in [2.24, 2.45) is 0 Å². The van der Waals surface area contributed by atoms with Crippen LogP contribution in [0.3, 0.4) is 0 Å². The number of aliphatic hydroxyl groups excluding tert-OH is 1. The quantitative estimate of drug-likeness (QED) is 0.0282. The number of carbonyl (C=O) groups is 5. The van der Waals surface area contributed by atoms with Crippen LogP contribution in [0.1, 0.15) is 103 Å². The molecule has 18 heteroatoms. The van der Waals surface area contributed by atoms with Gasteiger partial charge in [-0.25, -0.2) is 26.3 Å². The fourth-order valence-corrected chi connectivity index (χ4v) is 8.72. The van der Waals surface area contributed by atoms with E-state index in [1.807, 2.05) is 115 Å². The largest absolute Gasteiger partial charge is 0.397 e. The van der Waals surface area contributed by atoms with Crippen LogP contribution in [0.5, 0.6) is 0 Å². The van der Waals surface area contributed by atoms with Crippen molar-refractivity contribution < 1.29 is 55.4 Å². The molecule has 0 fully saturated rings. The molecule has 0 spiro atoms. The lowest BCUT2D eigenvalue weighted by Gasteiger charge is -2.08. The van der Waals surface area contributed by atoms with E-state index in [9.17, 15) is 59.9 Å². The van der Waals surface area contributed by atoms with E-state index in [4.69, 9.17) is 5.11 Å². The second kappa shape index (κ2) is 29.6. The number of fused-ring (bicyclic) bond motifs is 2. The van der Waals surface area contributed by atoms with Crippen LogP contribution in [-0.4, -0.2) is 50.5 Å². The highest BCUT2D eigenvalue weighted by molar-refractivity contribution is 6.35. The molecule has 6 aromatic carbocycles. The fraction of sp³-hybridized carbons (Fsp3) is 0.136. The van der Waals surface area contributed by atoms with Crippen LogP contribution in [0.2, 0.25) is 0 Å². The second-order valence-corrected chi connectivity index (χ2v) is 18.9. The van der Waals surface area contributed by atoms with Crippen LogP contribution in [0, 0.1) is 34.9 Å². The third-order valence-electron chi connectivity index (χ3n) is 12.8. The number of nitrogens with one attached hydrogen (secondary N) is 2. The summed E-state index contributed by atoms with van der Waals surface area (Å²) in [5, 5.41) is 13.2. The molecular weight excluding hydrogens is 1090 g/mol. The molecule has 84 heavy (non-hydrogen) atoms. The number of pyridine rings is 2. The first-order valence-corrected chi connectivity index (χ1v) is 26.3.